The first-order chi connectivity index (χ1) is 8.59. The highest BCUT2D eigenvalue weighted by Gasteiger charge is 2.26. The Morgan fingerprint density at radius 2 is 2.39 bits per heavy atom. The maximum Gasteiger partial charge on any atom is 0.145 e. The average molecular weight is 289 g/mol. The predicted octanol–water partition coefficient (Wildman–Crippen LogP) is 2.40. The normalized spacial score (nSPS) is 23.0. The molecular formula is C13H18ClFN2S. The highest BCUT2D eigenvalue weighted by molar-refractivity contribution is 7.99. The molecule has 2 atom stereocenters. The van der Waals surface area contributed by atoms with Crippen LogP contribution in [0.15, 0.2) is 18.2 Å². The molecule has 2 nitrogen and oxygen atoms in total. The van der Waals surface area contributed by atoms with Crippen molar-refractivity contribution < 1.29 is 4.39 Å². The van der Waals surface area contributed by atoms with Gasteiger partial charge in [0.25, 0.3) is 0 Å². The van der Waals surface area contributed by atoms with Crippen molar-refractivity contribution in [3.8, 4) is 0 Å². The summed E-state index contributed by atoms with van der Waals surface area (Å²) >= 11 is 7.69. The summed E-state index contributed by atoms with van der Waals surface area (Å²) in [5, 5.41) is 0.172. The van der Waals surface area contributed by atoms with E-state index in [9.17, 15) is 4.39 Å². The van der Waals surface area contributed by atoms with E-state index in [1.54, 1.807) is 18.2 Å². The molecule has 2 rings (SSSR count). The van der Waals surface area contributed by atoms with Crippen LogP contribution in [0.3, 0.4) is 0 Å². The van der Waals surface area contributed by atoms with Crippen molar-refractivity contribution >= 4 is 23.4 Å². The average Bonchev–Trinajstić information content (AvgIpc) is 2.35. The van der Waals surface area contributed by atoms with E-state index in [0.717, 1.165) is 18.1 Å². The predicted molar refractivity (Wildman–Crippen MR) is 76.8 cm³/mol. The summed E-state index contributed by atoms with van der Waals surface area (Å²) < 4.78 is 13.8. The first-order valence-electron chi connectivity index (χ1n) is 6.06. The number of nitrogens with zero attached hydrogens (tertiary/aromatic N) is 1. The van der Waals surface area contributed by atoms with Crippen molar-refractivity contribution in [2.24, 2.45) is 5.73 Å². The van der Waals surface area contributed by atoms with E-state index in [-0.39, 0.29) is 16.9 Å². The van der Waals surface area contributed by atoms with Gasteiger partial charge in [0.2, 0.25) is 0 Å². The van der Waals surface area contributed by atoms with Gasteiger partial charge in [0, 0.05) is 30.1 Å². The van der Waals surface area contributed by atoms with E-state index < -0.39 is 0 Å². The first kappa shape index (κ1) is 14.1. The number of hydrogen-bond donors (Lipinski definition) is 1. The fourth-order valence-corrected chi connectivity index (χ4v) is 3.77. The molecule has 2 N–H and O–H groups in total. The molecule has 1 aromatic rings. The number of thioether (sulfide) groups is 1. The van der Waals surface area contributed by atoms with Crippen molar-refractivity contribution in [3.63, 3.8) is 0 Å². The van der Waals surface area contributed by atoms with Gasteiger partial charge in [-0.1, -0.05) is 23.7 Å². The molecule has 18 heavy (non-hydrogen) atoms. The second-order valence-corrected chi connectivity index (χ2v) is 6.26. The number of likely N-dealkylation sites (N-methyl/N-ethyl adjacent to an activating group) is 1. The Morgan fingerprint density at radius 3 is 3.11 bits per heavy atom. The van der Waals surface area contributed by atoms with Crippen molar-refractivity contribution in [1.82, 2.24) is 4.90 Å². The van der Waals surface area contributed by atoms with Crippen LogP contribution in [0, 0.1) is 5.82 Å². The van der Waals surface area contributed by atoms with Crippen molar-refractivity contribution in [1.29, 1.82) is 0 Å². The van der Waals surface area contributed by atoms with Crippen LogP contribution in [0.1, 0.15) is 5.56 Å². The standard InChI is InChI=1S/C13H18ClFN2S/c1-17-5-6-18-8-12(17)11(16)7-9-3-2-4-10(14)13(9)15/h2-4,11-12H,5-8,16H2,1H3. The maximum atomic E-state index is 13.8. The minimum atomic E-state index is -0.333. The third-order valence-electron chi connectivity index (χ3n) is 3.42. The molecular weight excluding hydrogens is 271 g/mol. The van der Waals surface area contributed by atoms with Crippen LogP contribution in [0.5, 0.6) is 0 Å². The molecule has 100 valence electrons. The van der Waals surface area contributed by atoms with Crippen LogP contribution in [0.4, 0.5) is 4.39 Å². The molecule has 0 bridgehead atoms. The molecule has 1 heterocycles. The largest absolute Gasteiger partial charge is 0.326 e. The van der Waals surface area contributed by atoms with Gasteiger partial charge in [0.15, 0.2) is 0 Å². The lowest BCUT2D eigenvalue weighted by Crippen LogP contribution is -2.51. The number of hydrogen-bond acceptors (Lipinski definition) is 3. The van der Waals surface area contributed by atoms with Gasteiger partial charge in [-0.15, -0.1) is 0 Å². The maximum absolute atomic E-state index is 13.8. The fraction of sp³-hybridized carbons (Fsp3) is 0.538. The van der Waals surface area contributed by atoms with Gasteiger partial charge in [0.1, 0.15) is 5.82 Å². The van der Waals surface area contributed by atoms with Crippen molar-refractivity contribution in [2.75, 3.05) is 25.1 Å². The van der Waals surface area contributed by atoms with E-state index >= 15 is 0 Å². The smallest absolute Gasteiger partial charge is 0.145 e. The van der Waals surface area contributed by atoms with Gasteiger partial charge in [-0.2, -0.15) is 11.8 Å². The van der Waals surface area contributed by atoms with Crippen LogP contribution in [-0.2, 0) is 6.42 Å². The Morgan fingerprint density at radius 1 is 1.61 bits per heavy atom. The Hall–Kier alpha value is -0.290. The lowest BCUT2D eigenvalue weighted by atomic mass is 10.00. The van der Waals surface area contributed by atoms with Crippen LogP contribution in [0.25, 0.3) is 0 Å². The van der Waals surface area contributed by atoms with Crippen LogP contribution < -0.4 is 5.73 Å². The van der Waals surface area contributed by atoms with E-state index in [1.807, 2.05) is 11.8 Å². The zero-order valence-electron chi connectivity index (χ0n) is 10.4. The molecule has 0 radical (unpaired) electrons. The summed E-state index contributed by atoms with van der Waals surface area (Å²) in [7, 11) is 2.08. The monoisotopic (exact) mass is 288 g/mol. The van der Waals surface area contributed by atoms with Gasteiger partial charge >= 0.3 is 0 Å². The number of benzene rings is 1. The molecule has 2 unspecified atom stereocenters. The third kappa shape index (κ3) is 3.18. The summed E-state index contributed by atoms with van der Waals surface area (Å²) in [4.78, 5) is 2.27. The van der Waals surface area contributed by atoms with E-state index in [2.05, 4.69) is 11.9 Å². The molecule has 1 aliphatic heterocycles. The van der Waals surface area contributed by atoms with E-state index in [4.69, 9.17) is 17.3 Å². The molecule has 1 aromatic carbocycles. The minimum Gasteiger partial charge on any atom is -0.326 e. The van der Waals surface area contributed by atoms with E-state index in [1.165, 1.54) is 0 Å². The van der Waals surface area contributed by atoms with Crippen molar-refractivity contribution in [3.05, 3.63) is 34.6 Å². The molecule has 1 saturated heterocycles. The van der Waals surface area contributed by atoms with Crippen LogP contribution in [-0.4, -0.2) is 42.1 Å². The lowest BCUT2D eigenvalue weighted by molar-refractivity contribution is 0.234. The van der Waals surface area contributed by atoms with Gasteiger partial charge in [-0.25, -0.2) is 4.39 Å². The van der Waals surface area contributed by atoms with Crippen molar-refractivity contribution in [2.45, 2.75) is 18.5 Å². The molecule has 0 saturated carbocycles. The van der Waals surface area contributed by atoms with E-state index in [0.29, 0.717) is 18.0 Å². The quantitative estimate of drug-likeness (QED) is 0.926. The molecule has 0 spiro atoms. The van der Waals surface area contributed by atoms with Gasteiger partial charge < -0.3 is 10.6 Å². The summed E-state index contributed by atoms with van der Waals surface area (Å²) in [5.41, 5.74) is 6.84. The number of halogens is 2. The summed E-state index contributed by atoms with van der Waals surface area (Å²) in [6.07, 6.45) is 0.530. The first-order valence-corrected chi connectivity index (χ1v) is 7.59. The van der Waals surface area contributed by atoms with Gasteiger partial charge in [-0.3, -0.25) is 0 Å². The second kappa shape index (κ2) is 6.24. The zero-order valence-corrected chi connectivity index (χ0v) is 12.0. The number of nitrogens with two attached hydrogens (primary N) is 1. The Bertz CT molecular complexity index is 416. The van der Waals surface area contributed by atoms with Gasteiger partial charge in [0.05, 0.1) is 5.02 Å². The Kier molecular flexibility index (Phi) is 4.90. The summed E-state index contributed by atoms with van der Waals surface area (Å²) in [6, 6.07) is 5.34. The summed E-state index contributed by atoms with van der Waals surface area (Å²) in [5.74, 6) is 1.83. The second-order valence-electron chi connectivity index (χ2n) is 4.70. The van der Waals surface area contributed by atoms with Crippen LogP contribution in [0.2, 0.25) is 5.02 Å². The third-order valence-corrected chi connectivity index (χ3v) is 4.76. The highest BCUT2D eigenvalue weighted by Crippen LogP contribution is 2.22. The molecule has 0 aromatic heterocycles. The molecule has 1 aliphatic rings. The Balaban J connectivity index is 2.06. The fourth-order valence-electron chi connectivity index (χ4n) is 2.25. The summed E-state index contributed by atoms with van der Waals surface area (Å²) in [6.45, 7) is 1.04. The van der Waals surface area contributed by atoms with Crippen LogP contribution >= 0.6 is 23.4 Å². The SMILES string of the molecule is CN1CCSCC1C(N)Cc1cccc(Cl)c1F. The lowest BCUT2D eigenvalue weighted by Gasteiger charge is -2.36. The molecule has 1 fully saturated rings. The molecule has 0 amide bonds. The number of rotatable bonds is 3. The highest BCUT2D eigenvalue weighted by atomic mass is 35.5. The molecule has 5 heteroatoms. The zero-order chi connectivity index (χ0) is 13.1. The van der Waals surface area contributed by atoms with Gasteiger partial charge in [-0.05, 0) is 25.1 Å². The Labute approximate surface area is 117 Å². The molecule has 0 aliphatic carbocycles. The topological polar surface area (TPSA) is 29.3 Å². The minimum absolute atomic E-state index is 0.0595.